The number of hydrogen-bond acceptors (Lipinski definition) is 6. The largest absolute Gasteiger partial charge is 0.497 e. The van der Waals surface area contributed by atoms with Crippen LogP contribution in [0.5, 0.6) is 5.75 Å². The van der Waals surface area contributed by atoms with Gasteiger partial charge in [-0.05, 0) is 50.5 Å². The lowest BCUT2D eigenvalue weighted by molar-refractivity contribution is 0.208. The van der Waals surface area contributed by atoms with Crippen LogP contribution in [0, 0.1) is 6.92 Å². The van der Waals surface area contributed by atoms with Crippen LogP contribution in [0.2, 0.25) is 0 Å². The molecular weight excluding hydrogens is 380 g/mol. The Labute approximate surface area is 177 Å². The highest BCUT2D eigenvalue weighted by Gasteiger charge is 2.23. The van der Waals surface area contributed by atoms with Crippen LogP contribution in [-0.4, -0.2) is 67.3 Å². The van der Waals surface area contributed by atoms with Gasteiger partial charge in [-0.1, -0.05) is 0 Å². The number of nitrogens with one attached hydrogen (secondary N) is 1. The Morgan fingerprint density at radius 1 is 0.900 bits per heavy atom. The highest BCUT2D eigenvalue weighted by Crippen LogP contribution is 2.23. The van der Waals surface area contributed by atoms with Gasteiger partial charge in [0, 0.05) is 51.0 Å². The number of carbonyl (C=O) groups excluding carboxylic acids is 1. The van der Waals surface area contributed by atoms with Crippen LogP contribution in [-0.2, 0) is 0 Å². The Morgan fingerprint density at radius 2 is 1.50 bits per heavy atom. The zero-order valence-corrected chi connectivity index (χ0v) is 17.8. The monoisotopic (exact) mass is 410 g/mol. The first-order valence-electron chi connectivity index (χ1n) is 10.7. The molecule has 2 aromatic rings. The third kappa shape index (κ3) is 4.75. The number of rotatable bonds is 4. The van der Waals surface area contributed by atoms with E-state index in [1.165, 1.54) is 19.3 Å². The lowest BCUT2D eigenvalue weighted by atomic mass is 10.1. The molecule has 4 rings (SSSR count). The lowest BCUT2D eigenvalue weighted by Crippen LogP contribution is -2.50. The molecule has 3 heterocycles. The summed E-state index contributed by atoms with van der Waals surface area (Å²) in [6.07, 6.45) is 3.74. The molecule has 0 radical (unpaired) electrons. The average Bonchev–Trinajstić information content (AvgIpc) is 2.80. The fraction of sp³-hybridized carbons (Fsp3) is 0.500. The van der Waals surface area contributed by atoms with Gasteiger partial charge in [-0.15, -0.1) is 0 Å². The number of piperidine rings is 1. The van der Waals surface area contributed by atoms with E-state index in [0.29, 0.717) is 13.1 Å². The predicted octanol–water partition coefficient (Wildman–Crippen LogP) is 3.14. The van der Waals surface area contributed by atoms with E-state index in [4.69, 9.17) is 4.74 Å². The molecule has 2 aliphatic rings. The number of anilines is 3. The van der Waals surface area contributed by atoms with E-state index >= 15 is 0 Å². The van der Waals surface area contributed by atoms with Gasteiger partial charge in [-0.25, -0.2) is 14.8 Å². The van der Waals surface area contributed by atoms with Crippen molar-refractivity contribution >= 4 is 23.4 Å². The molecule has 0 atom stereocenters. The second-order valence-corrected chi connectivity index (χ2v) is 7.81. The van der Waals surface area contributed by atoms with Gasteiger partial charge in [0.15, 0.2) is 0 Å². The molecule has 2 amide bonds. The first kappa shape index (κ1) is 20.3. The summed E-state index contributed by atoms with van der Waals surface area (Å²) in [4.78, 5) is 28.4. The number of nitrogens with zero attached hydrogens (tertiary/aromatic N) is 5. The minimum Gasteiger partial charge on any atom is -0.497 e. The van der Waals surface area contributed by atoms with Gasteiger partial charge in [-0.3, -0.25) is 0 Å². The number of aromatic nitrogens is 2. The van der Waals surface area contributed by atoms with Crippen molar-refractivity contribution in [1.82, 2.24) is 14.9 Å². The summed E-state index contributed by atoms with van der Waals surface area (Å²) >= 11 is 0. The molecule has 8 heteroatoms. The highest BCUT2D eigenvalue weighted by atomic mass is 16.5. The normalized spacial score (nSPS) is 17.1. The van der Waals surface area contributed by atoms with Gasteiger partial charge in [0.25, 0.3) is 0 Å². The first-order chi connectivity index (χ1) is 14.6. The molecule has 0 aliphatic carbocycles. The Balaban J connectivity index is 1.35. The number of piperazine rings is 1. The number of ether oxygens (including phenoxy) is 1. The maximum Gasteiger partial charge on any atom is 0.321 e. The van der Waals surface area contributed by atoms with Gasteiger partial charge < -0.3 is 24.8 Å². The first-order valence-corrected chi connectivity index (χ1v) is 10.7. The summed E-state index contributed by atoms with van der Waals surface area (Å²) in [5.74, 6) is 3.55. The molecule has 0 unspecified atom stereocenters. The van der Waals surface area contributed by atoms with Gasteiger partial charge >= 0.3 is 6.03 Å². The fourth-order valence-corrected chi connectivity index (χ4v) is 4.00. The molecular formula is C22H30N6O2. The topological polar surface area (TPSA) is 73.8 Å². The van der Waals surface area contributed by atoms with Gasteiger partial charge in [0.05, 0.1) is 7.11 Å². The minimum absolute atomic E-state index is 0.0762. The van der Waals surface area contributed by atoms with Crippen molar-refractivity contribution < 1.29 is 9.53 Å². The van der Waals surface area contributed by atoms with Crippen molar-refractivity contribution in [1.29, 1.82) is 0 Å². The van der Waals surface area contributed by atoms with E-state index in [0.717, 1.165) is 55.1 Å². The van der Waals surface area contributed by atoms with Gasteiger partial charge in [-0.2, -0.15) is 0 Å². The Kier molecular flexibility index (Phi) is 6.21. The number of benzene rings is 1. The van der Waals surface area contributed by atoms with Crippen molar-refractivity contribution in [3.05, 3.63) is 36.2 Å². The SMILES string of the molecule is COc1ccc(NC(=O)N2CCN(c3cc(N4CCCCC4)nc(C)n3)CC2)cc1. The third-order valence-corrected chi connectivity index (χ3v) is 5.72. The number of amides is 2. The molecule has 2 saturated heterocycles. The van der Waals surface area contributed by atoms with E-state index in [9.17, 15) is 4.79 Å². The Morgan fingerprint density at radius 3 is 2.10 bits per heavy atom. The number of methoxy groups -OCH3 is 1. The Hall–Kier alpha value is -3.03. The standard InChI is InChI=1S/C22H30N6O2/c1-17-23-20(26-10-4-3-5-11-26)16-21(24-17)27-12-14-28(15-13-27)22(29)25-18-6-8-19(30-2)9-7-18/h6-9,16H,3-5,10-15H2,1-2H3,(H,25,29). The summed E-state index contributed by atoms with van der Waals surface area (Å²) in [6, 6.07) is 9.39. The molecule has 2 fully saturated rings. The van der Waals surface area contributed by atoms with E-state index < -0.39 is 0 Å². The summed E-state index contributed by atoms with van der Waals surface area (Å²) in [5, 5.41) is 2.96. The van der Waals surface area contributed by atoms with Crippen LogP contribution in [0.4, 0.5) is 22.1 Å². The fourth-order valence-electron chi connectivity index (χ4n) is 4.00. The predicted molar refractivity (Wildman–Crippen MR) is 119 cm³/mol. The number of hydrogen-bond donors (Lipinski definition) is 1. The average molecular weight is 411 g/mol. The minimum atomic E-state index is -0.0762. The maximum atomic E-state index is 12.6. The van der Waals surface area contributed by atoms with Gasteiger partial charge in [0.1, 0.15) is 23.2 Å². The zero-order chi connectivity index (χ0) is 20.9. The third-order valence-electron chi connectivity index (χ3n) is 5.72. The summed E-state index contributed by atoms with van der Waals surface area (Å²) in [5.41, 5.74) is 0.765. The highest BCUT2D eigenvalue weighted by molar-refractivity contribution is 5.89. The van der Waals surface area contributed by atoms with Crippen LogP contribution in [0.15, 0.2) is 30.3 Å². The van der Waals surface area contributed by atoms with Crippen LogP contribution in [0.3, 0.4) is 0 Å². The number of carbonyl (C=O) groups is 1. The zero-order valence-electron chi connectivity index (χ0n) is 17.8. The van der Waals surface area contributed by atoms with Crippen molar-refractivity contribution in [3.63, 3.8) is 0 Å². The summed E-state index contributed by atoms with van der Waals surface area (Å²) in [6.45, 7) is 6.91. The van der Waals surface area contributed by atoms with E-state index in [-0.39, 0.29) is 6.03 Å². The lowest BCUT2D eigenvalue weighted by Gasteiger charge is -2.36. The molecule has 30 heavy (non-hydrogen) atoms. The van der Waals surface area contributed by atoms with Crippen LogP contribution >= 0.6 is 0 Å². The quantitative estimate of drug-likeness (QED) is 0.835. The summed E-state index contributed by atoms with van der Waals surface area (Å²) < 4.78 is 5.16. The van der Waals surface area contributed by atoms with Crippen molar-refractivity contribution in [2.45, 2.75) is 26.2 Å². The van der Waals surface area contributed by atoms with Crippen LogP contribution in [0.1, 0.15) is 25.1 Å². The molecule has 1 aromatic heterocycles. The van der Waals surface area contributed by atoms with E-state index in [1.807, 2.05) is 36.1 Å². The second-order valence-electron chi connectivity index (χ2n) is 7.81. The van der Waals surface area contributed by atoms with Crippen molar-refractivity contribution in [2.75, 3.05) is 61.5 Å². The van der Waals surface area contributed by atoms with Crippen molar-refractivity contribution in [3.8, 4) is 5.75 Å². The molecule has 0 bridgehead atoms. The van der Waals surface area contributed by atoms with E-state index in [1.54, 1.807) is 7.11 Å². The number of urea groups is 1. The van der Waals surface area contributed by atoms with Crippen molar-refractivity contribution in [2.24, 2.45) is 0 Å². The molecule has 0 saturated carbocycles. The molecule has 1 aromatic carbocycles. The maximum absolute atomic E-state index is 12.6. The molecule has 2 aliphatic heterocycles. The summed E-state index contributed by atoms with van der Waals surface area (Å²) in [7, 11) is 1.63. The van der Waals surface area contributed by atoms with Crippen LogP contribution < -0.4 is 19.9 Å². The molecule has 8 nitrogen and oxygen atoms in total. The van der Waals surface area contributed by atoms with E-state index in [2.05, 4.69) is 31.2 Å². The second kappa shape index (κ2) is 9.19. The molecule has 1 N–H and O–H groups in total. The number of aryl methyl sites for hydroxylation is 1. The molecule has 0 spiro atoms. The Bertz CT molecular complexity index is 858. The van der Waals surface area contributed by atoms with Gasteiger partial charge in [0.2, 0.25) is 0 Å². The molecule has 160 valence electrons. The smallest absolute Gasteiger partial charge is 0.321 e. The van der Waals surface area contributed by atoms with Crippen LogP contribution in [0.25, 0.3) is 0 Å².